The van der Waals surface area contributed by atoms with Crippen LogP contribution in [0.4, 0.5) is 11.6 Å². The molecule has 1 fully saturated rings. The molecule has 2 aliphatic rings. The van der Waals surface area contributed by atoms with Gasteiger partial charge in [-0.05, 0) is 26.0 Å². The number of nitrogens with zero attached hydrogens (tertiary/aromatic N) is 3. The molecule has 8 heteroatoms. The average Bonchev–Trinajstić information content (AvgIpc) is 2.69. The number of carbonyl (C=O) groups is 1. The van der Waals surface area contributed by atoms with Gasteiger partial charge in [-0.1, -0.05) is 38.5 Å². The zero-order chi connectivity index (χ0) is 19.3. The van der Waals surface area contributed by atoms with E-state index in [2.05, 4.69) is 25.6 Å². The smallest absolute Gasteiger partial charge is 0.244 e. The third kappa shape index (κ3) is 5.71. The fourth-order valence-corrected chi connectivity index (χ4v) is 3.05. The highest BCUT2D eigenvalue weighted by Crippen LogP contribution is 2.25. The number of rotatable bonds is 2. The molecule has 1 aliphatic heterocycles. The zero-order valence-corrected chi connectivity index (χ0v) is 16.5. The number of aliphatic hydroxyl groups is 1. The summed E-state index contributed by atoms with van der Waals surface area (Å²) in [6.07, 6.45) is 12.2. The molecule has 1 amide bonds. The van der Waals surface area contributed by atoms with E-state index >= 15 is 0 Å². The van der Waals surface area contributed by atoms with E-state index < -0.39 is 5.60 Å². The Labute approximate surface area is 166 Å². The van der Waals surface area contributed by atoms with E-state index in [4.69, 9.17) is 0 Å². The van der Waals surface area contributed by atoms with E-state index in [1.807, 2.05) is 6.07 Å². The van der Waals surface area contributed by atoms with Crippen LogP contribution in [0.15, 0.2) is 24.5 Å². The van der Waals surface area contributed by atoms with Crippen LogP contribution in [0.2, 0.25) is 0 Å². The molecule has 3 heterocycles. The molecule has 0 atom stereocenters. The van der Waals surface area contributed by atoms with Crippen molar-refractivity contribution in [2.24, 2.45) is 0 Å². The van der Waals surface area contributed by atoms with Crippen LogP contribution in [0.3, 0.4) is 0 Å². The minimum absolute atomic E-state index is 0. The normalized spacial score (nSPS) is 15.8. The third-order valence-corrected chi connectivity index (χ3v) is 4.63. The molecule has 0 bridgehead atoms. The summed E-state index contributed by atoms with van der Waals surface area (Å²) in [4.78, 5) is 24.2. The van der Waals surface area contributed by atoms with Gasteiger partial charge in [-0.25, -0.2) is 9.97 Å². The molecule has 1 saturated carbocycles. The highest BCUT2D eigenvalue weighted by atomic mass is 16.3. The van der Waals surface area contributed by atoms with Gasteiger partial charge in [0.15, 0.2) is 11.6 Å². The number of fused-ring (bicyclic) bond motifs is 1. The lowest BCUT2D eigenvalue weighted by molar-refractivity contribution is -0.114. The minimum Gasteiger partial charge on any atom is -0.412 e. The predicted octanol–water partition coefficient (Wildman–Crippen LogP) is 2.89. The first-order valence-corrected chi connectivity index (χ1v) is 9.53. The van der Waals surface area contributed by atoms with Crippen molar-refractivity contribution in [3.63, 3.8) is 0 Å². The van der Waals surface area contributed by atoms with Gasteiger partial charge in [0.05, 0.1) is 24.1 Å². The quantitative estimate of drug-likeness (QED) is 0.723. The van der Waals surface area contributed by atoms with Crippen molar-refractivity contribution < 1.29 is 16.8 Å². The molecule has 0 aromatic carbocycles. The van der Waals surface area contributed by atoms with Crippen LogP contribution >= 0.6 is 0 Å². The van der Waals surface area contributed by atoms with Crippen LogP contribution in [-0.4, -0.2) is 38.0 Å². The van der Waals surface area contributed by atoms with Crippen LogP contribution in [0.1, 0.15) is 59.5 Å². The molecule has 0 radical (unpaired) electrons. The maximum Gasteiger partial charge on any atom is 0.244 e. The molecule has 2 aromatic heterocycles. The first kappa shape index (κ1) is 21.7. The number of amides is 1. The molecule has 5 N–H and O–H groups in total. The van der Waals surface area contributed by atoms with Gasteiger partial charge in [0.2, 0.25) is 5.91 Å². The Kier molecular flexibility index (Phi) is 7.42. The topological polar surface area (TPSA) is 132 Å². The minimum atomic E-state index is -0.988. The van der Waals surface area contributed by atoms with Crippen LogP contribution in [0, 0.1) is 0 Å². The number of anilines is 2. The van der Waals surface area contributed by atoms with Crippen LogP contribution in [0.5, 0.6) is 0 Å². The van der Waals surface area contributed by atoms with E-state index in [9.17, 15) is 9.90 Å². The number of hydrogen-bond acceptors (Lipinski definition) is 6. The highest BCUT2D eigenvalue weighted by Gasteiger charge is 2.19. The molecular weight excluding hydrogens is 358 g/mol. The first-order valence-electron chi connectivity index (χ1n) is 9.53. The summed E-state index contributed by atoms with van der Waals surface area (Å²) in [6, 6.07) is 3.56. The molecule has 8 nitrogen and oxygen atoms in total. The molecule has 1 aliphatic carbocycles. The van der Waals surface area contributed by atoms with Crippen molar-refractivity contribution in [2.45, 2.75) is 58.0 Å². The highest BCUT2D eigenvalue weighted by molar-refractivity contribution is 5.98. The van der Waals surface area contributed by atoms with Gasteiger partial charge in [0.25, 0.3) is 0 Å². The van der Waals surface area contributed by atoms with Gasteiger partial charge in [-0.2, -0.15) is 0 Å². The monoisotopic (exact) mass is 389 g/mol. The van der Waals surface area contributed by atoms with E-state index in [0.717, 1.165) is 5.56 Å². The molecule has 0 spiro atoms. The number of carbonyl (C=O) groups excluding carboxylic acids is 1. The molecule has 28 heavy (non-hydrogen) atoms. The van der Waals surface area contributed by atoms with Gasteiger partial charge in [0, 0.05) is 13.2 Å². The number of hydrogen-bond donors (Lipinski definition) is 3. The summed E-state index contributed by atoms with van der Waals surface area (Å²) in [5.41, 5.74) is 0.954. The Morgan fingerprint density at radius 2 is 1.64 bits per heavy atom. The largest absolute Gasteiger partial charge is 0.412 e. The predicted molar refractivity (Wildman–Crippen MR) is 111 cm³/mol. The van der Waals surface area contributed by atoms with E-state index in [-0.39, 0.29) is 19.4 Å². The molecule has 4 rings (SSSR count). The second-order valence-corrected chi connectivity index (χ2v) is 7.47. The standard InChI is InChI=1S/C14H15N5O2.C6H12.H2O.H2/c1-14(2,21)10-4-3-8(5-15-10)9-6-16-12-13(18-9)19-11(20)7-17-12;1-2-4-6-5-3-1;;/h3-6,21H,7H2,1-2H3,(H,16,17)(H,18,19,20);1-6H2;1H2;1H. The third-order valence-electron chi connectivity index (χ3n) is 4.63. The van der Waals surface area contributed by atoms with Gasteiger partial charge in [-0.15, -0.1) is 0 Å². The summed E-state index contributed by atoms with van der Waals surface area (Å²) in [7, 11) is 0. The summed E-state index contributed by atoms with van der Waals surface area (Å²) >= 11 is 0. The first-order chi connectivity index (χ1) is 12.9. The molecule has 0 unspecified atom stereocenters. The number of pyridine rings is 1. The Morgan fingerprint density at radius 1 is 1.00 bits per heavy atom. The maximum atomic E-state index is 11.3. The lowest BCUT2D eigenvalue weighted by Crippen LogP contribution is -2.28. The Bertz CT molecular complexity index is 778. The maximum absolute atomic E-state index is 11.3. The fraction of sp³-hybridized carbons (Fsp3) is 0.500. The number of aromatic nitrogens is 3. The van der Waals surface area contributed by atoms with Crippen LogP contribution in [0.25, 0.3) is 11.3 Å². The van der Waals surface area contributed by atoms with Gasteiger partial charge >= 0.3 is 0 Å². The second kappa shape index (κ2) is 9.57. The lowest BCUT2D eigenvalue weighted by Gasteiger charge is -2.18. The molecule has 154 valence electrons. The van der Waals surface area contributed by atoms with Crippen molar-refractivity contribution in [2.75, 3.05) is 17.2 Å². The summed E-state index contributed by atoms with van der Waals surface area (Å²) < 4.78 is 0. The van der Waals surface area contributed by atoms with Gasteiger partial charge in [0.1, 0.15) is 5.60 Å². The van der Waals surface area contributed by atoms with Gasteiger partial charge < -0.3 is 21.2 Å². The molecule has 2 aromatic rings. The summed E-state index contributed by atoms with van der Waals surface area (Å²) in [5.74, 6) is 0.819. The Hall–Kier alpha value is -2.58. The lowest BCUT2D eigenvalue weighted by atomic mass is 10.0. The van der Waals surface area contributed by atoms with Crippen molar-refractivity contribution in [1.29, 1.82) is 0 Å². The molecule has 0 saturated heterocycles. The number of nitrogens with one attached hydrogen (secondary N) is 2. The fourth-order valence-electron chi connectivity index (χ4n) is 3.05. The molecular formula is C20H31N5O3. The van der Waals surface area contributed by atoms with E-state index in [1.54, 1.807) is 32.3 Å². The van der Waals surface area contributed by atoms with Crippen molar-refractivity contribution in [1.82, 2.24) is 15.0 Å². The van der Waals surface area contributed by atoms with Gasteiger partial charge in [-0.3, -0.25) is 9.78 Å². The SMILES string of the molecule is C1CCCCC1.CC(C)(O)c1ccc(-c2cnc3c(n2)NC(=O)CN3)cn1.O.[HH]. The zero-order valence-electron chi connectivity index (χ0n) is 16.5. The summed E-state index contributed by atoms with van der Waals surface area (Å²) in [6.45, 7) is 3.55. The summed E-state index contributed by atoms with van der Waals surface area (Å²) in [5, 5.41) is 15.4. The van der Waals surface area contributed by atoms with Crippen molar-refractivity contribution >= 4 is 17.5 Å². The van der Waals surface area contributed by atoms with Crippen LogP contribution < -0.4 is 10.6 Å². The van der Waals surface area contributed by atoms with E-state index in [0.29, 0.717) is 23.0 Å². The Morgan fingerprint density at radius 3 is 2.18 bits per heavy atom. The Balaban J connectivity index is 0.000000455. The van der Waals surface area contributed by atoms with E-state index in [1.165, 1.54) is 38.5 Å². The van der Waals surface area contributed by atoms with Crippen molar-refractivity contribution in [3.05, 3.63) is 30.2 Å². The van der Waals surface area contributed by atoms with Crippen LogP contribution in [-0.2, 0) is 10.4 Å². The van der Waals surface area contributed by atoms with Crippen molar-refractivity contribution in [3.8, 4) is 11.3 Å². The average molecular weight is 390 g/mol. The second-order valence-electron chi connectivity index (χ2n) is 7.47.